The molecule has 1 aliphatic heterocycles. The minimum absolute atomic E-state index is 0.0544. The van der Waals surface area contributed by atoms with Gasteiger partial charge < -0.3 is 10.1 Å². The Morgan fingerprint density at radius 1 is 1.31 bits per heavy atom. The molecule has 1 heterocycles. The zero-order valence-electron chi connectivity index (χ0n) is 16.6. The summed E-state index contributed by atoms with van der Waals surface area (Å²) in [4.78, 5) is 35.7. The van der Waals surface area contributed by atoms with E-state index in [2.05, 4.69) is 11.9 Å². The highest BCUT2D eigenvalue weighted by Gasteiger charge is 2.34. The first-order valence-electron chi connectivity index (χ1n) is 9.37. The maximum Gasteiger partial charge on any atom is 0.309 e. The molecule has 1 fully saturated rings. The number of carbonyl (C=O) groups is 3. The van der Waals surface area contributed by atoms with Crippen LogP contribution in [-0.2, 0) is 24.3 Å². The normalized spacial score (nSPS) is 16.6. The molecule has 1 atom stereocenters. The van der Waals surface area contributed by atoms with Crippen LogP contribution < -0.4 is 5.32 Å². The molecule has 158 valence electrons. The van der Waals surface area contributed by atoms with Crippen LogP contribution in [0.3, 0.4) is 0 Å². The Morgan fingerprint density at radius 3 is 2.55 bits per heavy atom. The summed E-state index contributed by atoms with van der Waals surface area (Å²) < 4.78 is 32.2. The molecular formula is C20H26N2O6S. The highest BCUT2D eigenvalue weighted by Crippen LogP contribution is 2.25. The highest BCUT2D eigenvalue weighted by molar-refractivity contribution is 7.89. The Hall–Kier alpha value is -2.52. The van der Waals surface area contributed by atoms with Crippen LogP contribution in [-0.4, -0.2) is 56.1 Å². The van der Waals surface area contributed by atoms with Crippen LogP contribution in [0, 0.1) is 5.92 Å². The van der Waals surface area contributed by atoms with Gasteiger partial charge in [-0.15, -0.1) is 6.58 Å². The minimum atomic E-state index is -3.76. The minimum Gasteiger partial charge on any atom is -0.452 e. The van der Waals surface area contributed by atoms with Gasteiger partial charge in [-0.1, -0.05) is 18.2 Å². The van der Waals surface area contributed by atoms with Crippen LogP contribution in [0.5, 0.6) is 0 Å². The molecule has 1 aliphatic rings. The number of sulfonamides is 1. The van der Waals surface area contributed by atoms with Gasteiger partial charge in [-0.2, -0.15) is 4.31 Å². The van der Waals surface area contributed by atoms with Crippen LogP contribution in [0.2, 0.25) is 0 Å². The Morgan fingerprint density at radius 2 is 1.97 bits per heavy atom. The molecule has 0 aromatic heterocycles. The molecule has 0 radical (unpaired) electrons. The van der Waals surface area contributed by atoms with Crippen LogP contribution in [0.15, 0.2) is 41.8 Å². The number of benzene rings is 1. The maximum absolute atomic E-state index is 12.8. The van der Waals surface area contributed by atoms with Crippen LogP contribution >= 0.6 is 0 Å². The fourth-order valence-corrected chi connectivity index (χ4v) is 4.51. The third kappa shape index (κ3) is 5.74. The van der Waals surface area contributed by atoms with Gasteiger partial charge in [-0.25, -0.2) is 8.42 Å². The molecule has 1 aromatic carbocycles. The molecule has 0 aliphatic carbocycles. The number of nitrogens with one attached hydrogen (secondary N) is 1. The average Bonchev–Trinajstić information content (AvgIpc) is 2.71. The number of rotatable bonds is 8. The molecule has 0 unspecified atom stereocenters. The number of ketones is 1. The fraction of sp³-hybridized carbons (Fsp3) is 0.450. The summed E-state index contributed by atoms with van der Waals surface area (Å²) in [7, 11) is -3.76. The highest BCUT2D eigenvalue weighted by atomic mass is 32.2. The molecule has 1 aromatic rings. The van der Waals surface area contributed by atoms with Gasteiger partial charge in [0.15, 0.2) is 11.9 Å². The van der Waals surface area contributed by atoms with E-state index in [-0.39, 0.29) is 30.3 Å². The summed E-state index contributed by atoms with van der Waals surface area (Å²) in [6, 6.07) is 5.91. The average molecular weight is 423 g/mol. The summed E-state index contributed by atoms with van der Waals surface area (Å²) in [5.41, 5.74) is 0.327. The Kier molecular flexibility index (Phi) is 7.69. The van der Waals surface area contributed by atoms with Crippen molar-refractivity contribution in [3.63, 3.8) is 0 Å². The number of Topliss-reactive ketones (excluding diaryl/α,β-unsaturated/α-hetero) is 1. The molecule has 29 heavy (non-hydrogen) atoms. The van der Waals surface area contributed by atoms with Crippen LogP contribution in [0.1, 0.15) is 37.0 Å². The molecule has 1 saturated heterocycles. The van der Waals surface area contributed by atoms with E-state index in [0.717, 1.165) is 0 Å². The summed E-state index contributed by atoms with van der Waals surface area (Å²) in [6.07, 6.45) is 1.18. The molecular weight excluding hydrogens is 396 g/mol. The van der Waals surface area contributed by atoms with Crippen molar-refractivity contribution in [3.05, 3.63) is 42.5 Å². The third-order valence-electron chi connectivity index (χ3n) is 4.75. The summed E-state index contributed by atoms with van der Waals surface area (Å²) in [6.45, 7) is 6.95. The number of carbonyl (C=O) groups excluding carboxylic acids is 3. The lowest BCUT2D eigenvalue weighted by Crippen LogP contribution is -2.42. The third-order valence-corrected chi connectivity index (χ3v) is 6.64. The van der Waals surface area contributed by atoms with E-state index in [4.69, 9.17) is 4.74 Å². The van der Waals surface area contributed by atoms with Crippen molar-refractivity contribution in [2.45, 2.75) is 37.7 Å². The molecule has 1 amide bonds. The number of esters is 1. The second-order valence-electron chi connectivity index (χ2n) is 6.88. The summed E-state index contributed by atoms with van der Waals surface area (Å²) >= 11 is 0. The standard InChI is InChI=1S/C20H26N2O6S/c1-4-10-21-19(24)15(3)28-20(25)16-8-11-22(12-9-16)29(26,27)18-7-5-6-17(13-18)14(2)23/h4-7,13,15-16H,1,8-12H2,2-3H3,(H,21,24)/t15-/m0/s1. The molecule has 0 saturated carbocycles. The van der Waals surface area contributed by atoms with E-state index in [0.29, 0.717) is 18.4 Å². The van der Waals surface area contributed by atoms with Crippen molar-refractivity contribution < 1.29 is 27.5 Å². The monoisotopic (exact) mass is 422 g/mol. The van der Waals surface area contributed by atoms with Crippen molar-refractivity contribution in [1.82, 2.24) is 9.62 Å². The van der Waals surface area contributed by atoms with Gasteiger partial charge in [0.05, 0.1) is 10.8 Å². The quantitative estimate of drug-likeness (QED) is 0.386. The van der Waals surface area contributed by atoms with E-state index >= 15 is 0 Å². The smallest absolute Gasteiger partial charge is 0.309 e. The first kappa shape index (κ1) is 22.8. The lowest BCUT2D eigenvalue weighted by atomic mass is 9.98. The number of nitrogens with zero attached hydrogens (tertiary/aromatic N) is 1. The predicted octanol–water partition coefficient (Wildman–Crippen LogP) is 1.52. The number of amides is 1. The molecule has 0 bridgehead atoms. The van der Waals surface area contributed by atoms with Gasteiger partial charge >= 0.3 is 5.97 Å². The Bertz CT molecular complexity index is 888. The van der Waals surface area contributed by atoms with E-state index in [1.807, 2.05) is 0 Å². The van der Waals surface area contributed by atoms with Gasteiger partial charge in [0, 0.05) is 25.2 Å². The van der Waals surface area contributed by atoms with Crippen LogP contribution in [0.25, 0.3) is 0 Å². The van der Waals surface area contributed by atoms with Gasteiger partial charge in [0.2, 0.25) is 10.0 Å². The zero-order valence-corrected chi connectivity index (χ0v) is 17.4. The van der Waals surface area contributed by atoms with Gasteiger partial charge in [-0.3, -0.25) is 14.4 Å². The largest absolute Gasteiger partial charge is 0.452 e. The first-order chi connectivity index (χ1) is 13.7. The Balaban J connectivity index is 1.96. The van der Waals surface area contributed by atoms with Crippen molar-refractivity contribution in [2.75, 3.05) is 19.6 Å². The van der Waals surface area contributed by atoms with Gasteiger partial charge in [-0.05, 0) is 38.8 Å². The van der Waals surface area contributed by atoms with E-state index in [9.17, 15) is 22.8 Å². The van der Waals surface area contributed by atoms with Crippen molar-refractivity contribution >= 4 is 27.7 Å². The van der Waals surface area contributed by atoms with Crippen molar-refractivity contribution in [1.29, 1.82) is 0 Å². The second-order valence-corrected chi connectivity index (χ2v) is 8.81. The number of hydrogen-bond donors (Lipinski definition) is 1. The lowest BCUT2D eigenvalue weighted by Gasteiger charge is -2.30. The number of piperidine rings is 1. The van der Waals surface area contributed by atoms with E-state index in [1.165, 1.54) is 42.4 Å². The molecule has 1 N–H and O–H groups in total. The van der Waals surface area contributed by atoms with Crippen molar-refractivity contribution in [2.24, 2.45) is 5.92 Å². The second kappa shape index (κ2) is 9.80. The number of ether oxygens (including phenoxy) is 1. The van der Waals surface area contributed by atoms with Gasteiger partial charge in [0.25, 0.3) is 5.91 Å². The molecule has 9 heteroatoms. The zero-order chi connectivity index (χ0) is 21.6. The van der Waals surface area contributed by atoms with Gasteiger partial charge in [0.1, 0.15) is 0 Å². The topological polar surface area (TPSA) is 110 Å². The molecule has 8 nitrogen and oxygen atoms in total. The van der Waals surface area contributed by atoms with E-state index in [1.54, 1.807) is 6.07 Å². The maximum atomic E-state index is 12.8. The SMILES string of the molecule is C=CCNC(=O)[C@H](C)OC(=O)C1CCN(S(=O)(=O)c2cccc(C(C)=O)c2)CC1. The predicted molar refractivity (Wildman–Crippen MR) is 107 cm³/mol. The van der Waals surface area contributed by atoms with Crippen molar-refractivity contribution in [3.8, 4) is 0 Å². The molecule has 0 spiro atoms. The van der Waals surface area contributed by atoms with Crippen LogP contribution in [0.4, 0.5) is 0 Å². The summed E-state index contributed by atoms with van der Waals surface area (Å²) in [5.74, 6) is -1.61. The molecule has 2 rings (SSSR count). The summed E-state index contributed by atoms with van der Waals surface area (Å²) in [5, 5.41) is 2.55. The van der Waals surface area contributed by atoms with E-state index < -0.39 is 33.9 Å². The number of hydrogen-bond acceptors (Lipinski definition) is 6. The lowest BCUT2D eigenvalue weighted by molar-refractivity contribution is -0.159. The Labute approximate surface area is 171 Å². The first-order valence-corrected chi connectivity index (χ1v) is 10.8. The fourth-order valence-electron chi connectivity index (χ4n) is 3.00.